The predicted octanol–water partition coefficient (Wildman–Crippen LogP) is 1.54. The Morgan fingerprint density at radius 2 is 2.06 bits per heavy atom. The van der Waals surface area contributed by atoms with Gasteiger partial charge in [-0.15, -0.1) is 0 Å². The summed E-state index contributed by atoms with van der Waals surface area (Å²) in [5.41, 5.74) is 1.99. The van der Waals surface area contributed by atoms with Gasteiger partial charge in [-0.2, -0.15) is 0 Å². The van der Waals surface area contributed by atoms with E-state index in [-0.39, 0.29) is 5.91 Å². The molecule has 6 nitrogen and oxygen atoms in total. The molecule has 2 rings (SSSR count). The second-order valence-corrected chi connectivity index (χ2v) is 3.71. The maximum atomic E-state index is 11.8. The van der Waals surface area contributed by atoms with Crippen molar-refractivity contribution in [2.24, 2.45) is 0 Å². The number of nitrogens with one attached hydrogen (secondary N) is 3. The third-order valence-corrected chi connectivity index (χ3v) is 2.31. The second kappa shape index (κ2) is 5.13. The fraction of sp³-hybridized carbons (Fsp3) is 0.0833. The summed E-state index contributed by atoms with van der Waals surface area (Å²) in [4.78, 5) is 29.0. The molecular weight excluding hydrogens is 232 g/mol. The number of hydrogen-bond donors (Lipinski definition) is 3. The van der Waals surface area contributed by atoms with Crippen LogP contribution < -0.4 is 10.6 Å². The lowest BCUT2D eigenvalue weighted by molar-refractivity contribution is -0.105. The second-order valence-electron chi connectivity index (χ2n) is 3.71. The quantitative estimate of drug-likeness (QED) is 0.713. The van der Waals surface area contributed by atoms with Crippen molar-refractivity contribution in [1.82, 2.24) is 9.97 Å². The number of H-pyrrole nitrogens is 1. The molecule has 92 valence electrons. The first-order valence-electron chi connectivity index (χ1n) is 5.32. The Hall–Kier alpha value is -2.63. The Labute approximate surface area is 103 Å². The number of aromatic nitrogens is 2. The molecule has 0 bridgehead atoms. The molecule has 1 aromatic heterocycles. The molecule has 2 aromatic rings. The lowest BCUT2D eigenvalue weighted by atomic mass is 10.2. The number of aryl methyl sites for hydroxylation is 1. The first-order chi connectivity index (χ1) is 8.69. The molecule has 0 aliphatic rings. The van der Waals surface area contributed by atoms with Crippen LogP contribution in [0, 0.1) is 6.92 Å². The van der Waals surface area contributed by atoms with E-state index >= 15 is 0 Å². The number of rotatable bonds is 4. The van der Waals surface area contributed by atoms with E-state index in [9.17, 15) is 9.59 Å². The molecule has 0 radical (unpaired) electrons. The fourth-order valence-electron chi connectivity index (χ4n) is 1.44. The van der Waals surface area contributed by atoms with E-state index < -0.39 is 0 Å². The minimum absolute atomic E-state index is 0.262. The van der Waals surface area contributed by atoms with Gasteiger partial charge in [-0.3, -0.25) is 14.9 Å². The van der Waals surface area contributed by atoms with Crippen molar-refractivity contribution < 1.29 is 9.59 Å². The lowest BCUT2D eigenvalue weighted by Gasteiger charge is -2.03. The van der Waals surface area contributed by atoms with E-state index in [1.165, 1.54) is 0 Å². The zero-order valence-electron chi connectivity index (χ0n) is 9.73. The SMILES string of the molecule is Cc1cnc(NC(=O)c2ccc(NC=O)cc2)[nH]1. The summed E-state index contributed by atoms with van der Waals surface area (Å²) in [5.74, 6) is 0.148. The molecule has 18 heavy (non-hydrogen) atoms. The van der Waals surface area contributed by atoms with E-state index in [1.54, 1.807) is 30.5 Å². The Morgan fingerprint density at radius 3 is 2.61 bits per heavy atom. The summed E-state index contributed by atoms with van der Waals surface area (Å²) in [6.45, 7) is 1.85. The van der Waals surface area contributed by atoms with Gasteiger partial charge in [0.2, 0.25) is 12.4 Å². The highest BCUT2D eigenvalue weighted by molar-refractivity contribution is 6.03. The van der Waals surface area contributed by atoms with Crippen LogP contribution in [0.3, 0.4) is 0 Å². The first-order valence-corrected chi connectivity index (χ1v) is 5.32. The minimum atomic E-state index is -0.262. The van der Waals surface area contributed by atoms with E-state index in [0.717, 1.165) is 5.69 Å². The molecule has 2 amide bonds. The van der Waals surface area contributed by atoms with Crippen LogP contribution in [0.5, 0.6) is 0 Å². The number of carbonyl (C=O) groups is 2. The Balaban J connectivity index is 2.06. The minimum Gasteiger partial charge on any atom is -0.329 e. The largest absolute Gasteiger partial charge is 0.329 e. The van der Waals surface area contributed by atoms with Crippen molar-refractivity contribution >= 4 is 24.0 Å². The number of nitrogens with zero attached hydrogens (tertiary/aromatic N) is 1. The van der Waals surface area contributed by atoms with E-state index in [4.69, 9.17) is 0 Å². The number of benzene rings is 1. The summed E-state index contributed by atoms with van der Waals surface area (Å²) in [7, 11) is 0. The monoisotopic (exact) mass is 244 g/mol. The van der Waals surface area contributed by atoms with Gasteiger partial charge in [0.25, 0.3) is 5.91 Å². The molecule has 0 unspecified atom stereocenters. The molecule has 1 aromatic carbocycles. The summed E-state index contributed by atoms with van der Waals surface area (Å²) in [5, 5.41) is 5.13. The number of hydrogen-bond acceptors (Lipinski definition) is 3. The third-order valence-electron chi connectivity index (χ3n) is 2.31. The average molecular weight is 244 g/mol. The normalized spacial score (nSPS) is 9.83. The van der Waals surface area contributed by atoms with Gasteiger partial charge >= 0.3 is 0 Å². The zero-order valence-corrected chi connectivity index (χ0v) is 9.73. The van der Waals surface area contributed by atoms with Gasteiger partial charge in [0.15, 0.2) is 0 Å². The molecule has 0 spiro atoms. The van der Waals surface area contributed by atoms with Crippen LogP contribution in [-0.2, 0) is 4.79 Å². The molecule has 1 heterocycles. The summed E-state index contributed by atoms with van der Waals surface area (Å²) >= 11 is 0. The van der Waals surface area contributed by atoms with Crippen LogP contribution in [0.4, 0.5) is 11.6 Å². The molecule has 0 aliphatic carbocycles. The summed E-state index contributed by atoms with van der Waals surface area (Å²) in [6, 6.07) is 6.54. The third kappa shape index (κ3) is 2.73. The van der Waals surface area contributed by atoms with Crippen molar-refractivity contribution in [2.75, 3.05) is 10.6 Å². The molecule has 0 atom stereocenters. The first kappa shape index (κ1) is 11.8. The van der Waals surface area contributed by atoms with Crippen LogP contribution in [0.1, 0.15) is 16.1 Å². The van der Waals surface area contributed by atoms with Crippen molar-refractivity contribution in [1.29, 1.82) is 0 Å². The molecule has 0 fully saturated rings. The van der Waals surface area contributed by atoms with Crippen molar-refractivity contribution in [3.8, 4) is 0 Å². The number of aromatic amines is 1. The molecule has 0 saturated carbocycles. The predicted molar refractivity (Wildman–Crippen MR) is 67.4 cm³/mol. The van der Waals surface area contributed by atoms with E-state index in [2.05, 4.69) is 20.6 Å². The van der Waals surface area contributed by atoms with Gasteiger partial charge in [-0.05, 0) is 31.2 Å². The van der Waals surface area contributed by atoms with Gasteiger partial charge in [0, 0.05) is 23.1 Å². The average Bonchev–Trinajstić information content (AvgIpc) is 2.76. The van der Waals surface area contributed by atoms with Crippen molar-refractivity contribution in [3.63, 3.8) is 0 Å². The molecule has 6 heteroatoms. The van der Waals surface area contributed by atoms with Gasteiger partial charge < -0.3 is 10.3 Å². The Morgan fingerprint density at radius 1 is 1.33 bits per heavy atom. The number of anilines is 2. The number of amides is 2. The highest BCUT2D eigenvalue weighted by Crippen LogP contribution is 2.10. The van der Waals surface area contributed by atoms with Crippen LogP contribution in [0.2, 0.25) is 0 Å². The van der Waals surface area contributed by atoms with Crippen LogP contribution in [0.15, 0.2) is 30.5 Å². The molecular formula is C12H12N4O2. The summed E-state index contributed by atoms with van der Waals surface area (Å²) < 4.78 is 0. The van der Waals surface area contributed by atoms with Gasteiger partial charge in [-0.1, -0.05) is 0 Å². The Bertz CT molecular complexity index is 560. The topological polar surface area (TPSA) is 86.9 Å². The number of imidazole rings is 1. The van der Waals surface area contributed by atoms with Crippen molar-refractivity contribution in [3.05, 3.63) is 41.7 Å². The standard InChI is InChI=1S/C12H12N4O2/c1-8-6-13-12(15-8)16-11(18)9-2-4-10(5-3-9)14-7-17/h2-7H,1H3,(H,14,17)(H2,13,15,16,18). The highest BCUT2D eigenvalue weighted by Gasteiger charge is 2.07. The highest BCUT2D eigenvalue weighted by atomic mass is 16.1. The fourth-order valence-corrected chi connectivity index (χ4v) is 1.44. The maximum absolute atomic E-state index is 11.8. The van der Waals surface area contributed by atoms with E-state index in [0.29, 0.717) is 23.6 Å². The Kier molecular flexibility index (Phi) is 3.38. The lowest BCUT2D eigenvalue weighted by Crippen LogP contribution is -2.12. The van der Waals surface area contributed by atoms with Gasteiger partial charge in [0.05, 0.1) is 0 Å². The smallest absolute Gasteiger partial charge is 0.257 e. The maximum Gasteiger partial charge on any atom is 0.257 e. The zero-order chi connectivity index (χ0) is 13.0. The van der Waals surface area contributed by atoms with E-state index in [1.807, 2.05) is 6.92 Å². The van der Waals surface area contributed by atoms with Gasteiger partial charge in [-0.25, -0.2) is 4.98 Å². The number of carbonyl (C=O) groups excluding carboxylic acids is 2. The van der Waals surface area contributed by atoms with Gasteiger partial charge in [0.1, 0.15) is 0 Å². The van der Waals surface area contributed by atoms with Crippen LogP contribution >= 0.6 is 0 Å². The van der Waals surface area contributed by atoms with Crippen LogP contribution in [-0.4, -0.2) is 22.3 Å². The molecule has 0 saturated heterocycles. The van der Waals surface area contributed by atoms with Crippen LogP contribution in [0.25, 0.3) is 0 Å². The van der Waals surface area contributed by atoms with Crippen molar-refractivity contribution in [2.45, 2.75) is 6.92 Å². The molecule has 0 aliphatic heterocycles. The summed E-state index contributed by atoms with van der Waals surface area (Å²) in [6.07, 6.45) is 2.22. The molecule has 3 N–H and O–H groups in total.